The Morgan fingerprint density at radius 1 is 0.688 bits per heavy atom. The lowest BCUT2D eigenvalue weighted by Gasteiger charge is -2.17. The standard InChI is InChI=1S/C24H38O8/c1-4-7-10-17-24(31-21(26)6-3)32-23(28)16-12-11-15-22(27)30-19-14-9-8-13-18-29-20(25)5-2/h5-6,24H,2-4,7-19H2,1H3. The van der Waals surface area contributed by atoms with Gasteiger partial charge in [-0.1, -0.05) is 32.9 Å². The molecular formula is C24H38O8. The Morgan fingerprint density at radius 3 is 1.88 bits per heavy atom. The van der Waals surface area contributed by atoms with Gasteiger partial charge < -0.3 is 18.9 Å². The minimum absolute atomic E-state index is 0.139. The van der Waals surface area contributed by atoms with Crippen molar-refractivity contribution >= 4 is 23.9 Å². The van der Waals surface area contributed by atoms with Crippen molar-refractivity contribution in [1.82, 2.24) is 0 Å². The molecule has 0 rings (SSSR count). The summed E-state index contributed by atoms with van der Waals surface area (Å²) in [6.45, 7) is 9.43. The first-order chi connectivity index (χ1) is 15.4. The summed E-state index contributed by atoms with van der Waals surface area (Å²) >= 11 is 0. The van der Waals surface area contributed by atoms with E-state index >= 15 is 0 Å². The molecule has 182 valence electrons. The predicted octanol–water partition coefficient (Wildman–Crippen LogP) is 4.56. The molecule has 0 aliphatic heterocycles. The molecule has 0 bridgehead atoms. The predicted molar refractivity (Wildman–Crippen MR) is 119 cm³/mol. The minimum atomic E-state index is -0.904. The van der Waals surface area contributed by atoms with Crippen LogP contribution in [-0.4, -0.2) is 43.4 Å². The number of carbonyl (C=O) groups excluding carboxylic acids is 4. The summed E-state index contributed by atoms with van der Waals surface area (Å²) in [6, 6.07) is 0. The second kappa shape index (κ2) is 20.3. The second-order valence-electron chi connectivity index (χ2n) is 7.27. The zero-order valence-corrected chi connectivity index (χ0v) is 19.3. The monoisotopic (exact) mass is 454 g/mol. The quantitative estimate of drug-likeness (QED) is 0.0867. The van der Waals surface area contributed by atoms with Crippen molar-refractivity contribution in [2.75, 3.05) is 13.2 Å². The lowest BCUT2D eigenvalue weighted by Crippen LogP contribution is -2.24. The van der Waals surface area contributed by atoms with Crippen LogP contribution >= 0.6 is 0 Å². The maximum atomic E-state index is 12.0. The van der Waals surface area contributed by atoms with E-state index in [1.807, 2.05) is 6.92 Å². The fraction of sp³-hybridized carbons (Fsp3) is 0.667. The van der Waals surface area contributed by atoms with Crippen LogP contribution in [0.5, 0.6) is 0 Å². The minimum Gasteiger partial charge on any atom is -0.466 e. The van der Waals surface area contributed by atoms with E-state index in [-0.39, 0.29) is 18.8 Å². The Hall–Kier alpha value is -2.64. The summed E-state index contributed by atoms with van der Waals surface area (Å²) in [4.78, 5) is 46.0. The van der Waals surface area contributed by atoms with Crippen molar-refractivity contribution in [3.05, 3.63) is 25.3 Å². The number of ether oxygens (including phenoxy) is 4. The van der Waals surface area contributed by atoms with E-state index in [4.69, 9.17) is 18.9 Å². The molecule has 0 aromatic rings. The summed E-state index contributed by atoms with van der Waals surface area (Å²) in [6.07, 6.45) is 9.07. The Morgan fingerprint density at radius 2 is 1.28 bits per heavy atom. The zero-order valence-electron chi connectivity index (χ0n) is 19.3. The van der Waals surface area contributed by atoms with E-state index in [2.05, 4.69) is 13.2 Å². The number of esters is 4. The van der Waals surface area contributed by atoms with Crippen molar-refractivity contribution < 1.29 is 38.1 Å². The molecular weight excluding hydrogens is 416 g/mol. The van der Waals surface area contributed by atoms with Crippen molar-refractivity contribution in [2.24, 2.45) is 0 Å². The van der Waals surface area contributed by atoms with Crippen molar-refractivity contribution in [3.63, 3.8) is 0 Å². The fourth-order valence-electron chi connectivity index (χ4n) is 2.67. The van der Waals surface area contributed by atoms with Gasteiger partial charge in [-0.2, -0.15) is 0 Å². The maximum absolute atomic E-state index is 12.0. The molecule has 0 spiro atoms. The van der Waals surface area contributed by atoms with Crippen LogP contribution in [0.4, 0.5) is 0 Å². The van der Waals surface area contributed by atoms with Crippen molar-refractivity contribution in [2.45, 2.75) is 90.3 Å². The smallest absolute Gasteiger partial charge is 0.333 e. The number of rotatable bonds is 20. The van der Waals surface area contributed by atoms with Gasteiger partial charge in [0.2, 0.25) is 6.29 Å². The number of hydrogen-bond acceptors (Lipinski definition) is 8. The molecule has 0 N–H and O–H groups in total. The van der Waals surface area contributed by atoms with Gasteiger partial charge in [-0.3, -0.25) is 9.59 Å². The molecule has 1 unspecified atom stereocenters. The molecule has 0 aromatic heterocycles. The molecule has 0 aliphatic carbocycles. The van der Waals surface area contributed by atoms with E-state index in [1.54, 1.807) is 0 Å². The highest BCUT2D eigenvalue weighted by molar-refractivity contribution is 5.81. The topological polar surface area (TPSA) is 105 Å². The maximum Gasteiger partial charge on any atom is 0.333 e. The summed E-state index contributed by atoms with van der Waals surface area (Å²) < 4.78 is 20.3. The first-order valence-electron chi connectivity index (χ1n) is 11.4. The van der Waals surface area contributed by atoms with E-state index in [0.29, 0.717) is 32.5 Å². The van der Waals surface area contributed by atoms with Gasteiger partial charge in [-0.05, 0) is 44.9 Å². The first-order valence-corrected chi connectivity index (χ1v) is 11.4. The third-order valence-corrected chi connectivity index (χ3v) is 4.45. The Kier molecular flexibility index (Phi) is 18.6. The molecule has 0 fully saturated rings. The van der Waals surface area contributed by atoms with Crippen molar-refractivity contribution in [3.8, 4) is 0 Å². The Labute approximate surface area is 191 Å². The van der Waals surface area contributed by atoms with Crippen molar-refractivity contribution in [1.29, 1.82) is 0 Å². The number of hydrogen-bond donors (Lipinski definition) is 0. The second-order valence-corrected chi connectivity index (χ2v) is 7.27. The van der Waals surface area contributed by atoms with E-state index < -0.39 is 24.2 Å². The van der Waals surface area contributed by atoms with Gasteiger partial charge in [0.05, 0.1) is 13.2 Å². The number of carbonyl (C=O) groups is 4. The normalized spacial score (nSPS) is 11.2. The third-order valence-electron chi connectivity index (χ3n) is 4.45. The molecule has 0 amide bonds. The van der Waals surface area contributed by atoms with Gasteiger partial charge in [0.15, 0.2) is 0 Å². The van der Waals surface area contributed by atoms with E-state index in [9.17, 15) is 19.2 Å². The van der Waals surface area contributed by atoms with Gasteiger partial charge in [-0.25, -0.2) is 9.59 Å². The van der Waals surface area contributed by atoms with Crippen LogP contribution in [0.2, 0.25) is 0 Å². The molecule has 0 aromatic carbocycles. The van der Waals surface area contributed by atoms with Crippen LogP contribution in [0.15, 0.2) is 25.3 Å². The summed E-state index contributed by atoms with van der Waals surface area (Å²) in [5.74, 6) is -1.81. The average molecular weight is 455 g/mol. The SMILES string of the molecule is C=CC(=O)OCCCCCCOC(=O)CCCCC(=O)OC(CCCCC)OC(=O)C=C. The van der Waals surface area contributed by atoms with Crippen LogP contribution < -0.4 is 0 Å². The van der Waals surface area contributed by atoms with Gasteiger partial charge in [-0.15, -0.1) is 0 Å². The van der Waals surface area contributed by atoms with Crippen LogP contribution in [0.25, 0.3) is 0 Å². The van der Waals surface area contributed by atoms with Gasteiger partial charge >= 0.3 is 23.9 Å². The Balaban J connectivity index is 3.81. The van der Waals surface area contributed by atoms with E-state index in [1.165, 1.54) is 0 Å². The average Bonchev–Trinajstić information content (AvgIpc) is 2.78. The molecule has 8 heteroatoms. The molecule has 32 heavy (non-hydrogen) atoms. The summed E-state index contributed by atoms with van der Waals surface area (Å²) in [5.41, 5.74) is 0. The fourth-order valence-corrected chi connectivity index (χ4v) is 2.67. The largest absolute Gasteiger partial charge is 0.466 e. The van der Waals surface area contributed by atoms with Crippen LogP contribution in [0.1, 0.15) is 84.0 Å². The molecule has 0 heterocycles. The highest BCUT2D eigenvalue weighted by Crippen LogP contribution is 2.12. The van der Waals surface area contributed by atoms with E-state index in [0.717, 1.165) is 57.1 Å². The summed E-state index contributed by atoms with van der Waals surface area (Å²) in [7, 11) is 0. The molecule has 0 saturated heterocycles. The molecule has 1 atom stereocenters. The van der Waals surface area contributed by atoms with Crippen LogP contribution in [0, 0.1) is 0 Å². The first kappa shape index (κ1) is 29.4. The molecule has 0 saturated carbocycles. The Bertz CT molecular complexity index is 585. The third kappa shape index (κ3) is 18.2. The van der Waals surface area contributed by atoms with Crippen LogP contribution in [0.3, 0.4) is 0 Å². The molecule has 0 radical (unpaired) electrons. The highest BCUT2D eigenvalue weighted by Gasteiger charge is 2.17. The lowest BCUT2D eigenvalue weighted by atomic mass is 10.2. The molecule has 8 nitrogen and oxygen atoms in total. The zero-order chi connectivity index (χ0) is 24.0. The van der Waals surface area contributed by atoms with Gasteiger partial charge in [0.1, 0.15) is 0 Å². The van der Waals surface area contributed by atoms with Gasteiger partial charge in [0, 0.05) is 31.4 Å². The highest BCUT2D eigenvalue weighted by atomic mass is 16.7. The molecule has 0 aliphatic rings. The van der Waals surface area contributed by atoms with Gasteiger partial charge in [0.25, 0.3) is 0 Å². The summed E-state index contributed by atoms with van der Waals surface area (Å²) in [5, 5.41) is 0. The lowest BCUT2D eigenvalue weighted by molar-refractivity contribution is -0.186. The number of unbranched alkanes of at least 4 members (excludes halogenated alkanes) is 6. The van der Waals surface area contributed by atoms with Crippen LogP contribution in [-0.2, 0) is 38.1 Å².